The number of rotatable bonds is 5. The highest BCUT2D eigenvalue weighted by Crippen LogP contribution is 2.30. The van der Waals surface area contributed by atoms with Gasteiger partial charge in [-0.2, -0.15) is 5.10 Å². The molecule has 0 saturated carbocycles. The van der Waals surface area contributed by atoms with E-state index in [2.05, 4.69) is 37.3 Å². The molecule has 2 fully saturated rings. The third-order valence-corrected chi connectivity index (χ3v) is 6.32. The van der Waals surface area contributed by atoms with Crippen molar-refractivity contribution in [2.45, 2.75) is 31.7 Å². The molecule has 3 aromatic rings. The van der Waals surface area contributed by atoms with Gasteiger partial charge in [0, 0.05) is 24.7 Å². The van der Waals surface area contributed by atoms with Crippen LogP contribution in [0.3, 0.4) is 0 Å². The molecule has 3 aromatic heterocycles. The molecule has 0 unspecified atom stereocenters. The molecule has 9 nitrogen and oxygen atoms in total. The first-order valence-electron chi connectivity index (χ1n) is 10.8. The molecule has 2 aliphatic heterocycles. The van der Waals surface area contributed by atoms with E-state index >= 15 is 0 Å². The number of aromatic nitrogens is 5. The standard InChI is InChI=1S/C22H25ClN8O/c1-29-7-4-17(5-8-29)31-14-15(10-26-31)21-19(23)13-25-22(28-21)27-16-9-18(12-24-11-16)30-6-2-3-20(30)32/h9-14,17H,2-8H2,1H3,(H,25,27,28). The minimum absolute atomic E-state index is 0.121. The zero-order valence-electron chi connectivity index (χ0n) is 17.9. The lowest BCUT2D eigenvalue weighted by molar-refractivity contribution is -0.117. The Morgan fingerprint density at radius 2 is 1.97 bits per heavy atom. The third kappa shape index (κ3) is 4.31. The molecule has 0 atom stereocenters. The summed E-state index contributed by atoms with van der Waals surface area (Å²) in [4.78, 5) is 29.3. The first kappa shape index (κ1) is 20.8. The summed E-state index contributed by atoms with van der Waals surface area (Å²) < 4.78 is 2.02. The van der Waals surface area contributed by atoms with Crippen LogP contribution >= 0.6 is 11.6 Å². The number of pyridine rings is 1. The van der Waals surface area contributed by atoms with Crippen LogP contribution in [0.1, 0.15) is 31.7 Å². The average Bonchev–Trinajstić information content (AvgIpc) is 3.45. The van der Waals surface area contributed by atoms with Gasteiger partial charge in [0.2, 0.25) is 11.9 Å². The van der Waals surface area contributed by atoms with E-state index in [1.54, 1.807) is 29.7 Å². The summed E-state index contributed by atoms with van der Waals surface area (Å²) >= 11 is 6.42. The minimum atomic E-state index is 0.121. The van der Waals surface area contributed by atoms with Gasteiger partial charge in [-0.1, -0.05) is 11.6 Å². The van der Waals surface area contributed by atoms with Crippen molar-refractivity contribution in [2.75, 3.05) is 36.9 Å². The number of piperidine rings is 1. The molecule has 166 valence electrons. The van der Waals surface area contributed by atoms with E-state index in [1.807, 2.05) is 16.9 Å². The number of halogens is 1. The van der Waals surface area contributed by atoms with Crippen molar-refractivity contribution in [3.05, 3.63) is 42.1 Å². The van der Waals surface area contributed by atoms with E-state index in [9.17, 15) is 4.79 Å². The molecule has 0 aliphatic carbocycles. The first-order chi connectivity index (χ1) is 15.6. The Balaban J connectivity index is 1.35. The molecule has 1 amide bonds. The van der Waals surface area contributed by atoms with Gasteiger partial charge in [0.15, 0.2) is 0 Å². The van der Waals surface area contributed by atoms with Gasteiger partial charge < -0.3 is 15.1 Å². The maximum absolute atomic E-state index is 12.0. The summed E-state index contributed by atoms with van der Waals surface area (Å²) in [5, 5.41) is 8.22. The molecule has 32 heavy (non-hydrogen) atoms. The van der Waals surface area contributed by atoms with E-state index in [-0.39, 0.29) is 5.91 Å². The van der Waals surface area contributed by atoms with Crippen LogP contribution in [0.4, 0.5) is 17.3 Å². The highest BCUT2D eigenvalue weighted by molar-refractivity contribution is 6.32. The molecular weight excluding hydrogens is 428 g/mol. The van der Waals surface area contributed by atoms with Crippen molar-refractivity contribution in [1.29, 1.82) is 0 Å². The van der Waals surface area contributed by atoms with Crippen LogP contribution in [-0.4, -0.2) is 62.2 Å². The number of carbonyl (C=O) groups is 1. The number of nitrogens with zero attached hydrogens (tertiary/aromatic N) is 7. The number of carbonyl (C=O) groups excluding carboxylic acids is 1. The lowest BCUT2D eigenvalue weighted by Gasteiger charge is -2.28. The van der Waals surface area contributed by atoms with Crippen molar-refractivity contribution < 1.29 is 4.79 Å². The molecule has 5 rings (SSSR count). The summed E-state index contributed by atoms with van der Waals surface area (Å²) in [5.41, 5.74) is 2.96. The molecule has 0 radical (unpaired) electrons. The molecule has 1 N–H and O–H groups in total. The fourth-order valence-corrected chi connectivity index (χ4v) is 4.44. The molecular formula is C22H25ClN8O. The summed E-state index contributed by atoms with van der Waals surface area (Å²) in [6, 6.07) is 2.27. The predicted molar refractivity (Wildman–Crippen MR) is 123 cm³/mol. The highest BCUT2D eigenvalue weighted by atomic mass is 35.5. The SMILES string of the molecule is CN1CCC(n2cc(-c3nc(Nc4cncc(N5CCCC5=O)c4)ncc3Cl)cn2)CC1. The second-order valence-corrected chi connectivity index (χ2v) is 8.75. The van der Waals surface area contributed by atoms with Gasteiger partial charge in [-0.05, 0) is 45.5 Å². The normalized spacial score (nSPS) is 17.8. The molecule has 2 aliphatic rings. The Hall–Kier alpha value is -3.04. The van der Waals surface area contributed by atoms with Crippen LogP contribution in [0.15, 0.2) is 37.1 Å². The van der Waals surface area contributed by atoms with Gasteiger partial charge in [0.1, 0.15) is 0 Å². The highest BCUT2D eigenvalue weighted by Gasteiger charge is 2.22. The van der Waals surface area contributed by atoms with E-state index in [4.69, 9.17) is 11.6 Å². The Labute approximate surface area is 191 Å². The second-order valence-electron chi connectivity index (χ2n) is 8.34. The average molecular weight is 453 g/mol. The molecule has 2 saturated heterocycles. The van der Waals surface area contributed by atoms with Crippen molar-refractivity contribution in [3.63, 3.8) is 0 Å². The first-order valence-corrected chi connectivity index (χ1v) is 11.2. The van der Waals surface area contributed by atoms with Gasteiger partial charge in [0.05, 0.1) is 52.9 Å². The smallest absolute Gasteiger partial charge is 0.227 e. The van der Waals surface area contributed by atoms with Gasteiger partial charge in [-0.25, -0.2) is 9.97 Å². The van der Waals surface area contributed by atoms with Gasteiger partial charge in [0.25, 0.3) is 0 Å². The molecule has 0 bridgehead atoms. The Bertz CT molecular complexity index is 1120. The predicted octanol–water partition coefficient (Wildman–Crippen LogP) is 3.53. The molecule has 0 spiro atoms. The van der Waals surface area contributed by atoms with Gasteiger partial charge in [-0.15, -0.1) is 0 Å². The van der Waals surface area contributed by atoms with E-state index < -0.39 is 0 Å². The van der Waals surface area contributed by atoms with Gasteiger partial charge in [-0.3, -0.25) is 14.5 Å². The van der Waals surface area contributed by atoms with Crippen molar-refractivity contribution in [2.24, 2.45) is 0 Å². The molecule has 0 aromatic carbocycles. The summed E-state index contributed by atoms with van der Waals surface area (Å²) in [6.45, 7) is 2.85. The van der Waals surface area contributed by atoms with Crippen molar-refractivity contribution in [1.82, 2.24) is 29.6 Å². The van der Waals surface area contributed by atoms with Crippen LogP contribution in [0.2, 0.25) is 5.02 Å². The fraction of sp³-hybridized carbons (Fsp3) is 0.409. The quantitative estimate of drug-likeness (QED) is 0.633. The third-order valence-electron chi connectivity index (χ3n) is 6.05. The van der Waals surface area contributed by atoms with E-state index in [1.165, 1.54) is 0 Å². The number of amides is 1. The zero-order valence-corrected chi connectivity index (χ0v) is 18.7. The second kappa shape index (κ2) is 8.84. The van der Waals surface area contributed by atoms with Crippen molar-refractivity contribution in [3.8, 4) is 11.3 Å². The lowest BCUT2D eigenvalue weighted by atomic mass is 10.1. The zero-order chi connectivity index (χ0) is 22.1. The number of hydrogen-bond donors (Lipinski definition) is 1. The monoisotopic (exact) mass is 452 g/mol. The van der Waals surface area contributed by atoms with E-state index in [0.717, 1.165) is 43.6 Å². The maximum atomic E-state index is 12.0. The van der Waals surface area contributed by atoms with Crippen LogP contribution < -0.4 is 10.2 Å². The summed E-state index contributed by atoms with van der Waals surface area (Å²) in [6.07, 6.45) is 12.4. The minimum Gasteiger partial charge on any atom is -0.323 e. The topological polar surface area (TPSA) is 92.1 Å². The fourth-order valence-electron chi connectivity index (χ4n) is 4.24. The maximum Gasteiger partial charge on any atom is 0.227 e. The Kier molecular flexibility index (Phi) is 5.75. The number of hydrogen-bond acceptors (Lipinski definition) is 7. The molecule has 5 heterocycles. The van der Waals surface area contributed by atoms with Crippen molar-refractivity contribution >= 4 is 34.8 Å². The Morgan fingerprint density at radius 3 is 2.75 bits per heavy atom. The largest absolute Gasteiger partial charge is 0.323 e. The number of likely N-dealkylation sites (tertiary alicyclic amines) is 1. The summed E-state index contributed by atoms with van der Waals surface area (Å²) in [7, 11) is 2.15. The lowest BCUT2D eigenvalue weighted by Crippen LogP contribution is -2.31. The number of nitrogens with one attached hydrogen (secondary N) is 1. The van der Waals surface area contributed by atoms with Crippen LogP contribution in [-0.2, 0) is 4.79 Å². The number of anilines is 3. The van der Waals surface area contributed by atoms with Crippen LogP contribution in [0.5, 0.6) is 0 Å². The van der Waals surface area contributed by atoms with Crippen LogP contribution in [0.25, 0.3) is 11.3 Å². The summed E-state index contributed by atoms with van der Waals surface area (Å²) in [5.74, 6) is 0.527. The van der Waals surface area contributed by atoms with Crippen LogP contribution in [0, 0.1) is 0 Å². The molecule has 10 heteroatoms. The van der Waals surface area contributed by atoms with Gasteiger partial charge >= 0.3 is 0 Å². The van der Waals surface area contributed by atoms with E-state index in [0.29, 0.717) is 41.4 Å². The Morgan fingerprint density at radius 1 is 1.12 bits per heavy atom.